The summed E-state index contributed by atoms with van der Waals surface area (Å²) in [7, 11) is -3.69. The van der Waals surface area contributed by atoms with Crippen molar-refractivity contribution < 1.29 is 13.2 Å². The second-order valence-corrected chi connectivity index (χ2v) is 11.4. The lowest BCUT2D eigenvalue weighted by Crippen LogP contribution is -2.25. The Morgan fingerprint density at radius 2 is 1.34 bits per heavy atom. The van der Waals surface area contributed by atoms with E-state index in [9.17, 15) is 13.2 Å². The molecule has 6 nitrogen and oxygen atoms in total. The summed E-state index contributed by atoms with van der Waals surface area (Å²) in [5, 5.41) is 11.3. The monoisotopic (exact) mass is 525 g/mol. The van der Waals surface area contributed by atoms with E-state index in [4.69, 9.17) is 16.9 Å². The molecule has 0 saturated heterocycles. The Hall–Kier alpha value is -1.62. The third-order valence-corrected chi connectivity index (χ3v) is 7.87. The molecular weight excluding hydrogens is 482 g/mol. The molecule has 0 unspecified atom stereocenters. The van der Waals surface area contributed by atoms with E-state index in [2.05, 4.69) is 17.0 Å². The van der Waals surface area contributed by atoms with Gasteiger partial charge in [-0.1, -0.05) is 115 Å². The Kier molecular flexibility index (Phi) is 17.5. The van der Waals surface area contributed by atoms with Gasteiger partial charge in [-0.25, -0.2) is 13.1 Å². The number of nitrogens with one attached hydrogen (secondary N) is 2. The van der Waals surface area contributed by atoms with E-state index in [1.54, 1.807) is 6.07 Å². The maximum absolute atomic E-state index is 12.5. The predicted octanol–water partition coefficient (Wildman–Crippen LogP) is 7.73. The SMILES string of the molecule is CCCCCCCCCCCCCCCCCCNS(=O)(=O)c1ccc(Cl)c(NC(=O)CC#N)c1. The lowest BCUT2D eigenvalue weighted by Gasteiger charge is -2.10. The number of anilines is 1. The lowest BCUT2D eigenvalue weighted by atomic mass is 10.0. The van der Waals surface area contributed by atoms with Crippen LogP contribution in [0.2, 0.25) is 5.02 Å². The summed E-state index contributed by atoms with van der Waals surface area (Å²) in [4.78, 5) is 11.6. The van der Waals surface area contributed by atoms with Crippen molar-refractivity contribution in [3.05, 3.63) is 23.2 Å². The largest absolute Gasteiger partial charge is 0.324 e. The first-order valence-electron chi connectivity index (χ1n) is 13.4. The average molecular weight is 526 g/mol. The maximum Gasteiger partial charge on any atom is 0.240 e. The highest BCUT2D eigenvalue weighted by Gasteiger charge is 2.16. The molecule has 0 spiro atoms. The zero-order valence-corrected chi connectivity index (χ0v) is 23.0. The molecule has 0 heterocycles. The Labute approximate surface area is 218 Å². The number of unbranched alkanes of at least 4 members (excludes halogenated alkanes) is 15. The van der Waals surface area contributed by atoms with E-state index in [-0.39, 0.29) is 22.0 Å². The maximum atomic E-state index is 12.5. The summed E-state index contributed by atoms with van der Waals surface area (Å²) >= 11 is 6.03. The third-order valence-electron chi connectivity index (χ3n) is 6.08. The van der Waals surface area contributed by atoms with E-state index in [0.29, 0.717) is 6.54 Å². The van der Waals surface area contributed by atoms with Crippen molar-refractivity contribution in [2.45, 2.75) is 121 Å². The second kappa shape index (κ2) is 19.6. The van der Waals surface area contributed by atoms with Crippen LogP contribution in [0.25, 0.3) is 0 Å². The van der Waals surface area contributed by atoms with E-state index in [0.717, 1.165) is 19.3 Å². The minimum Gasteiger partial charge on any atom is -0.324 e. The van der Waals surface area contributed by atoms with E-state index < -0.39 is 15.9 Å². The number of nitrogens with zero attached hydrogens (tertiary/aromatic N) is 1. The highest BCUT2D eigenvalue weighted by molar-refractivity contribution is 7.89. The zero-order chi connectivity index (χ0) is 25.8. The Morgan fingerprint density at radius 3 is 1.83 bits per heavy atom. The van der Waals surface area contributed by atoms with Crippen LogP contribution in [0.5, 0.6) is 0 Å². The van der Waals surface area contributed by atoms with Crippen molar-refractivity contribution in [1.82, 2.24) is 4.72 Å². The fraction of sp³-hybridized carbons (Fsp3) is 0.704. The van der Waals surface area contributed by atoms with Crippen molar-refractivity contribution in [2.24, 2.45) is 0 Å². The van der Waals surface area contributed by atoms with Crippen LogP contribution in [0.3, 0.4) is 0 Å². The number of sulfonamides is 1. The molecule has 198 valence electrons. The van der Waals surface area contributed by atoms with Gasteiger partial charge in [0.1, 0.15) is 6.42 Å². The van der Waals surface area contributed by atoms with Crippen LogP contribution in [0, 0.1) is 11.3 Å². The molecule has 0 bridgehead atoms. The number of amides is 1. The van der Waals surface area contributed by atoms with Gasteiger partial charge < -0.3 is 5.32 Å². The molecule has 2 N–H and O–H groups in total. The van der Waals surface area contributed by atoms with Gasteiger partial charge in [0.2, 0.25) is 15.9 Å². The van der Waals surface area contributed by atoms with Gasteiger partial charge in [0.25, 0.3) is 0 Å². The molecule has 0 fully saturated rings. The fourth-order valence-corrected chi connectivity index (χ4v) is 5.26. The smallest absolute Gasteiger partial charge is 0.240 e. The van der Waals surface area contributed by atoms with E-state index in [1.165, 1.54) is 102 Å². The third kappa shape index (κ3) is 15.2. The molecule has 0 radical (unpaired) electrons. The number of carbonyl (C=O) groups excluding carboxylic acids is 1. The summed E-state index contributed by atoms with van der Waals surface area (Å²) in [5.41, 5.74) is 0.178. The molecule has 0 aromatic heterocycles. The van der Waals surface area contributed by atoms with Gasteiger partial charge in [-0.2, -0.15) is 5.26 Å². The number of hydrogen-bond donors (Lipinski definition) is 2. The van der Waals surface area contributed by atoms with Crippen molar-refractivity contribution >= 4 is 33.2 Å². The Balaban J connectivity index is 2.10. The molecule has 1 aromatic rings. The van der Waals surface area contributed by atoms with Crippen LogP contribution in [0.1, 0.15) is 116 Å². The van der Waals surface area contributed by atoms with Gasteiger partial charge in [-0.3, -0.25) is 4.79 Å². The molecule has 0 aliphatic rings. The number of rotatable bonds is 21. The molecule has 1 amide bonds. The molecule has 0 atom stereocenters. The lowest BCUT2D eigenvalue weighted by molar-refractivity contribution is -0.115. The van der Waals surface area contributed by atoms with Crippen molar-refractivity contribution in [1.29, 1.82) is 5.26 Å². The van der Waals surface area contributed by atoms with Crippen LogP contribution in [0.4, 0.5) is 5.69 Å². The van der Waals surface area contributed by atoms with Crippen molar-refractivity contribution in [3.8, 4) is 6.07 Å². The first-order valence-corrected chi connectivity index (χ1v) is 15.2. The van der Waals surface area contributed by atoms with Crippen LogP contribution in [0.15, 0.2) is 23.1 Å². The number of halogens is 1. The average Bonchev–Trinajstić information content (AvgIpc) is 2.82. The quantitative estimate of drug-likeness (QED) is 0.160. The second-order valence-electron chi connectivity index (χ2n) is 9.23. The molecule has 0 aliphatic heterocycles. The molecule has 1 aromatic carbocycles. The van der Waals surface area contributed by atoms with Gasteiger partial charge in [0.05, 0.1) is 21.7 Å². The van der Waals surface area contributed by atoms with Gasteiger partial charge in [0.15, 0.2) is 0 Å². The number of carbonyl (C=O) groups is 1. The Bertz CT molecular complexity index is 869. The highest BCUT2D eigenvalue weighted by atomic mass is 35.5. The topological polar surface area (TPSA) is 99.1 Å². The van der Waals surface area contributed by atoms with E-state index >= 15 is 0 Å². The molecule has 0 aliphatic carbocycles. The highest BCUT2D eigenvalue weighted by Crippen LogP contribution is 2.25. The number of nitriles is 1. The summed E-state index contributed by atoms with van der Waals surface area (Å²) < 4.78 is 27.7. The Morgan fingerprint density at radius 1 is 0.857 bits per heavy atom. The zero-order valence-electron chi connectivity index (χ0n) is 21.4. The fourth-order valence-electron chi connectivity index (χ4n) is 4.00. The first kappa shape index (κ1) is 31.4. The molecule has 8 heteroatoms. The summed E-state index contributed by atoms with van der Waals surface area (Å²) in [6.07, 6.45) is 20.1. The van der Waals surface area contributed by atoms with Gasteiger partial charge >= 0.3 is 0 Å². The van der Waals surface area contributed by atoms with Gasteiger partial charge in [-0.05, 0) is 24.6 Å². The van der Waals surface area contributed by atoms with Crippen LogP contribution < -0.4 is 10.0 Å². The van der Waals surface area contributed by atoms with Crippen molar-refractivity contribution in [3.63, 3.8) is 0 Å². The van der Waals surface area contributed by atoms with Gasteiger partial charge in [-0.15, -0.1) is 0 Å². The standard InChI is InChI=1S/C27H44ClN3O3S/c1-2-3-4-5-6-7-8-9-10-11-12-13-14-15-16-17-22-30-35(33,34)24-18-19-25(28)26(23-24)31-27(32)20-21-29/h18-19,23,30H,2-17,20,22H2,1H3,(H,31,32). The molecular formula is C27H44ClN3O3S. The summed E-state index contributed by atoms with van der Waals surface area (Å²) in [6.45, 7) is 2.63. The van der Waals surface area contributed by atoms with Crippen LogP contribution in [-0.2, 0) is 14.8 Å². The molecule has 0 saturated carbocycles. The van der Waals surface area contributed by atoms with Crippen LogP contribution in [-0.4, -0.2) is 20.9 Å². The summed E-state index contributed by atoms with van der Waals surface area (Å²) in [6, 6.07) is 5.88. The minimum absolute atomic E-state index is 0.0330. The van der Waals surface area contributed by atoms with Crippen LogP contribution >= 0.6 is 11.6 Å². The van der Waals surface area contributed by atoms with E-state index in [1.807, 2.05) is 0 Å². The molecule has 35 heavy (non-hydrogen) atoms. The molecule has 1 rings (SSSR count). The van der Waals surface area contributed by atoms with Crippen molar-refractivity contribution in [2.75, 3.05) is 11.9 Å². The number of benzene rings is 1. The normalized spacial score (nSPS) is 11.3. The van der Waals surface area contributed by atoms with Gasteiger partial charge in [0, 0.05) is 6.54 Å². The first-order chi connectivity index (χ1) is 16.9. The predicted molar refractivity (Wildman–Crippen MR) is 145 cm³/mol. The number of hydrogen-bond acceptors (Lipinski definition) is 4. The summed E-state index contributed by atoms with van der Waals surface area (Å²) in [5.74, 6) is -0.537. The minimum atomic E-state index is -3.69.